The van der Waals surface area contributed by atoms with Crippen molar-refractivity contribution < 1.29 is 9.59 Å². The van der Waals surface area contributed by atoms with E-state index < -0.39 is 0 Å². The summed E-state index contributed by atoms with van der Waals surface area (Å²) in [4.78, 5) is 33.7. The standard InChI is InChI=1S/C14H14N2O.C7H9NO.C2H6.CH4/c1-10-5-6-11(2)16-13(10)8-14(17)12-4-3-7-15-9-12;1-7(6-9)4-3-5-8-2;1-2;/h3-7,9H,8H2,1-2H3;3-6H,2H2,1H3;1-2H3;1H4/b;5-3-,7-4+;;. The van der Waals surface area contributed by atoms with Gasteiger partial charge in [0.15, 0.2) is 5.78 Å². The van der Waals surface area contributed by atoms with Gasteiger partial charge in [-0.2, -0.15) is 0 Å². The minimum atomic E-state index is 0. The van der Waals surface area contributed by atoms with Gasteiger partial charge in [-0.15, -0.1) is 0 Å². The number of aromatic nitrogens is 2. The number of hydrogen-bond acceptors (Lipinski definition) is 5. The number of nitrogens with zero attached hydrogens (tertiary/aromatic N) is 3. The summed E-state index contributed by atoms with van der Waals surface area (Å²) in [5.74, 6) is 0.0549. The summed E-state index contributed by atoms with van der Waals surface area (Å²) in [6, 6.07) is 7.49. The van der Waals surface area contributed by atoms with Crippen molar-refractivity contribution in [3.8, 4) is 0 Å². The van der Waals surface area contributed by atoms with Crippen LogP contribution in [-0.4, -0.2) is 28.8 Å². The Bertz CT molecular complexity index is 810. The molecule has 5 heteroatoms. The fourth-order valence-corrected chi connectivity index (χ4v) is 1.94. The summed E-state index contributed by atoms with van der Waals surface area (Å²) in [7, 11) is 0. The van der Waals surface area contributed by atoms with Gasteiger partial charge in [-0.1, -0.05) is 33.4 Å². The van der Waals surface area contributed by atoms with Crippen LogP contribution < -0.4 is 0 Å². The molecule has 2 aromatic rings. The van der Waals surface area contributed by atoms with Gasteiger partial charge in [0.25, 0.3) is 0 Å². The maximum atomic E-state index is 12.0. The average molecular weight is 396 g/mol. The van der Waals surface area contributed by atoms with Gasteiger partial charge in [-0.25, -0.2) is 0 Å². The Balaban J connectivity index is 0. The van der Waals surface area contributed by atoms with Gasteiger partial charge in [-0.05, 0) is 62.9 Å². The molecule has 0 radical (unpaired) electrons. The van der Waals surface area contributed by atoms with E-state index in [9.17, 15) is 9.59 Å². The van der Waals surface area contributed by atoms with Crippen LogP contribution in [0.1, 0.15) is 55.5 Å². The lowest BCUT2D eigenvalue weighted by molar-refractivity contribution is -0.104. The SMILES string of the molecule is C.C=N/C=C\C=C(/C)C=O.CC.Cc1ccc(C)c(CC(=O)c2cccnc2)n1. The number of rotatable bonds is 6. The predicted molar refractivity (Wildman–Crippen MR) is 123 cm³/mol. The molecule has 0 aliphatic carbocycles. The molecule has 29 heavy (non-hydrogen) atoms. The first-order chi connectivity index (χ1) is 13.5. The zero-order valence-corrected chi connectivity index (χ0v) is 17.3. The van der Waals surface area contributed by atoms with Crippen molar-refractivity contribution in [3.63, 3.8) is 0 Å². The van der Waals surface area contributed by atoms with E-state index in [1.165, 1.54) is 6.20 Å². The summed E-state index contributed by atoms with van der Waals surface area (Å²) in [6.07, 6.45) is 9.22. The van der Waals surface area contributed by atoms with Gasteiger partial charge in [0.05, 0.1) is 12.1 Å². The quantitative estimate of drug-likeness (QED) is 0.212. The van der Waals surface area contributed by atoms with Crippen LogP contribution in [-0.2, 0) is 11.2 Å². The molecular formula is C24H33N3O2. The van der Waals surface area contributed by atoms with Crippen molar-refractivity contribution in [2.24, 2.45) is 4.99 Å². The minimum Gasteiger partial charge on any atom is -0.298 e. The van der Waals surface area contributed by atoms with Crippen molar-refractivity contribution in [2.45, 2.75) is 48.5 Å². The molecule has 0 spiro atoms. The molecule has 0 amide bonds. The van der Waals surface area contributed by atoms with Crippen LogP contribution in [0.4, 0.5) is 0 Å². The van der Waals surface area contributed by atoms with E-state index in [4.69, 9.17) is 0 Å². The van der Waals surface area contributed by atoms with Gasteiger partial charge in [0.1, 0.15) is 6.29 Å². The van der Waals surface area contributed by atoms with Gasteiger partial charge < -0.3 is 0 Å². The van der Waals surface area contributed by atoms with Crippen LogP contribution in [0.25, 0.3) is 0 Å². The van der Waals surface area contributed by atoms with Crippen LogP contribution in [0.5, 0.6) is 0 Å². The fraction of sp³-hybridized carbons (Fsp3) is 0.292. The fourth-order valence-electron chi connectivity index (χ4n) is 1.94. The number of aliphatic imine (C=N–C) groups is 1. The van der Waals surface area contributed by atoms with Crippen molar-refractivity contribution in [3.05, 3.63) is 83.1 Å². The van der Waals surface area contributed by atoms with Crippen LogP contribution in [0, 0.1) is 13.8 Å². The topological polar surface area (TPSA) is 72.3 Å². The Labute approximate surface area is 175 Å². The molecule has 0 N–H and O–H groups in total. The van der Waals surface area contributed by atoms with Crippen LogP contribution in [0.15, 0.2) is 65.6 Å². The highest BCUT2D eigenvalue weighted by molar-refractivity contribution is 5.97. The number of carbonyl (C=O) groups is 2. The Morgan fingerprint density at radius 3 is 2.45 bits per heavy atom. The second-order valence-electron chi connectivity index (χ2n) is 5.61. The number of aldehydes is 1. The Hall–Kier alpha value is -3.21. The van der Waals surface area contributed by atoms with E-state index in [0.717, 1.165) is 23.2 Å². The summed E-state index contributed by atoms with van der Waals surface area (Å²) in [6.45, 7) is 12.9. The molecule has 0 aromatic carbocycles. The molecule has 0 bridgehead atoms. The van der Waals surface area contributed by atoms with E-state index in [1.807, 2.05) is 39.8 Å². The number of hydrogen-bond donors (Lipinski definition) is 0. The minimum absolute atomic E-state index is 0. The zero-order chi connectivity index (χ0) is 21.4. The number of pyridine rings is 2. The lowest BCUT2D eigenvalue weighted by Gasteiger charge is -2.05. The first-order valence-electron chi connectivity index (χ1n) is 9.08. The number of Topliss-reactive ketones (excluding diaryl/α,β-unsaturated/α-hetero) is 1. The molecule has 2 aromatic heterocycles. The van der Waals surface area contributed by atoms with E-state index in [0.29, 0.717) is 17.6 Å². The molecule has 0 fully saturated rings. The highest BCUT2D eigenvalue weighted by Gasteiger charge is 2.10. The summed E-state index contributed by atoms with van der Waals surface area (Å²) < 4.78 is 0. The van der Waals surface area contributed by atoms with Gasteiger partial charge in [0.2, 0.25) is 0 Å². The van der Waals surface area contributed by atoms with Crippen LogP contribution in [0.2, 0.25) is 0 Å². The molecule has 0 unspecified atom stereocenters. The smallest absolute Gasteiger partial charge is 0.170 e. The molecule has 0 saturated carbocycles. The lowest BCUT2D eigenvalue weighted by atomic mass is 10.1. The first kappa shape index (κ1) is 28.0. The first-order valence-corrected chi connectivity index (χ1v) is 9.08. The van der Waals surface area contributed by atoms with Crippen molar-refractivity contribution in [1.29, 1.82) is 0 Å². The summed E-state index contributed by atoms with van der Waals surface area (Å²) in [5.41, 5.74) is 4.14. The Morgan fingerprint density at radius 2 is 1.90 bits per heavy atom. The predicted octanol–water partition coefficient (Wildman–Crippen LogP) is 5.53. The van der Waals surface area contributed by atoms with Gasteiger partial charge >= 0.3 is 0 Å². The number of allylic oxidation sites excluding steroid dienone is 3. The Morgan fingerprint density at radius 1 is 1.21 bits per heavy atom. The monoisotopic (exact) mass is 395 g/mol. The second-order valence-corrected chi connectivity index (χ2v) is 5.61. The third-order valence-corrected chi connectivity index (χ3v) is 3.39. The number of aryl methyl sites for hydroxylation is 2. The van der Waals surface area contributed by atoms with Crippen molar-refractivity contribution in [1.82, 2.24) is 9.97 Å². The van der Waals surface area contributed by atoms with Crippen LogP contribution >= 0.6 is 0 Å². The number of ketones is 1. The molecule has 5 nitrogen and oxygen atoms in total. The van der Waals surface area contributed by atoms with Crippen LogP contribution in [0.3, 0.4) is 0 Å². The second kappa shape index (κ2) is 16.9. The molecular weight excluding hydrogens is 362 g/mol. The van der Waals surface area contributed by atoms with Gasteiger partial charge in [-0.3, -0.25) is 24.5 Å². The normalized spacial score (nSPS) is 9.90. The maximum absolute atomic E-state index is 12.0. The number of carbonyl (C=O) groups excluding carboxylic acids is 2. The molecule has 0 atom stereocenters. The summed E-state index contributed by atoms with van der Waals surface area (Å²) in [5, 5.41) is 0. The van der Waals surface area contributed by atoms with E-state index in [1.54, 1.807) is 43.6 Å². The molecule has 0 aliphatic heterocycles. The van der Waals surface area contributed by atoms with E-state index >= 15 is 0 Å². The van der Waals surface area contributed by atoms with E-state index in [-0.39, 0.29) is 13.2 Å². The summed E-state index contributed by atoms with van der Waals surface area (Å²) >= 11 is 0. The third-order valence-electron chi connectivity index (χ3n) is 3.39. The third kappa shape index (κ3) is 12.0. The molecule has 2 rings (SSSR count). The zero-order valence-electron chi connectivity index (χ0n) is 17.3. The van der Waals surface area contributed by atoms with Gasteiger partial charge in [0, 0.05) is 29.9 Å². The van der Waals surface area contributed by atoms with E-state index in [2.05, 4.69) is 21.7 Å². The molecule has 156 valence electrons. The molecule has 0 saturated heterocycles. The Kier molecular flexibility index (Phi) is 16.3. The maximum Gasteiger partial charge on any atom is 0.170 e. The average Bonchev–Trinajstić information content (AvgIpc) is 2.73. The van der Waals surface area contributed by atoms with Crippen molar-refractivity contribution in [2.75, 3.05) is 0 Å². The van der Waals surface area contributed by atoms with Crippen molar-refractivity contribution >= 4 is 18.8 Å². The molecule has 0 aliphatic rings. The largest absolute Gasteiger partial charge is 0.298 e. The molecule has 2 heterocycles. The lowest BCUT2D eigenvalue weighted by Crippen LogP contribution is -2.07. The highest BCUT2D eigenvalue weighted by Crippen LogP contribution is 2.10. The highest BCUT2D eigenvalue weighted by atomic mass is 16.1.